The minimum atomic E-state index is -0.451. The van der Waals surface area contributed by atoms with E-state index >= 15 is 0 Å². The first-order chi connectivity index (χ1) is 4.57. The van der Waals surface area contributed by atoms with Crippen LogP contribution in [0.2, 0.25) is 0 Å². The predicted octanol–water partition coefficient (Wildman–Crippen LogP) is 1.06. The second-order valence-electron chi connectivity index (χ2n) is 2.49. The van der Waals surface area contributed by atoms with E-state index in [0.29, 0.717) is 0 Å². The summed E-state index contributed by atoms with van der Waals surface area (Å²) in [6.45, 7) is 3.36. The van der Waals surface area contributed by atoms with Crippen molar-refractivity contribution in [2.75, 3.05) is 6.54 Å². The van der Waals surface area contributed by atoms with E-state index < -0.39 is 10.8 Å². The number of hydrogen-bond donors (Lipinski definition) is 0. The molecule has 56 valence electrons. The Hall–Kier alpha value is -1.11. The summed E-state index contributed by atoms with van der Waals surface area (Å²) in [5, 5.41) is 18.3. The molecule has 4 nitrogen and oxygen atoms in total. The van der Waals surface area contributed by atoms with Crippen LogP contribution in [0.3, 0.4) is 0 Å². The maximum absolute atomic E-state index is 9.93. The molecule has 0 aliphatic carbocycles. The van der Waals surface area contributed by atoms with Crippen molar-refractivity contribution in [3.8, 4) is 6.07 Å². The van der Waals surface area contributed by atoms with Crippen molar-refractivity contribution in [2.45, 2.75) is 13.8 Å². The summed E-state index contributed by atoms with van der Waals surface area (Å²) in [5.41, 5.74) is 0. The molecular weight excluding hydrogens is 132 g/mol. The fraction of sp³-hybridized carbons (Fsp3) is 0.833. The third-order valence-electron chi connectivity index (χ3n) is 1.32. The number of nitro groups is 1. The topological polar surface area (TPSA) is 66.9 Å². The highest BCUT2D eigenvalue weighted by atomic mass is 16.6. The van der Waals surface area contributed by atoms with Crippen LogP contribution in [0.4, 0.5) is 0 Å². The van der Waals surface area contributed by atoms with Crippen LogP contribution in [-0.2, 0) is 0 Å². The highest BCUT2D eigenvalue weighted by Gasteiger charge is 2.17. The van der Waals surface area contributed by atoms with Gasteiger partial charge >= 0.3 is 0 Å². The van der Waals surface area contributed by atoms with Gasteiger partial charge in [0.2, 0.25) is 6.54 Å². The molecule has 4 heteroatoms. The van der Waals surface area contributed by atoms with Crippen LogP contribution < -0.4 is 0 Å². The lowest BCUT2D eigenvalue weighted by atomic mass is 9.98. The molecule has 1 unspecified atom stereocenters. The van der Waals surface area contributed by atoms with E-state index in [2.05, 4.69) is 0 Å². The van der Waals surface area contributed by atoms with Gasteiger partial charge in [-0.1, -0.05) is 13.8 Å². The van der Waals surface area contributed by atoms with E-state index in [1.165, 1.54) is 0 Å². The summed E-state index contributed by atoms with van der Waals surface area (Å²) in [7, 11) is 0. The van der Waals surface area contributed by atoms with Gasteiger partial charge in [0, 0.05) is 4.92 Å². The zero-order valence-corrected chi connectivity index (χ0v) is 6.07. The molecule has 10 heavy (non-hydrogen) atoms. The Morgan fingerprint density at radius 1 is 1.70 bits per heavy atom. The van der Waals surface area contributed by atoms with Gasteiger partial charge in [0.05, 0.1) is 6.07 Å². The highest BCUT2D eigenvalue weighted by Crippen LogP contribution is 2.08. The molecule has 0 fully saturated rings. The van der Waals surface area contributed by atoms with Crippen molar-refractivity contribution in [3.05, 3.63) is 10.1 Å². The van der Waals surface area contributed by atoms with Gasteiger partial charge in [-0.3, -0.25) is 10.1 Å². The highest BCUT2D eigenvalue weighted by molar-refractivity contribution is 4.84. The first-order valence-electron chi connectivity index (χ1n) is 3.09. The van der Waals surface area contributed by atoms with Gasteiger partial charge in [0.15, 0.2) is 0 Å². The van der Waals surface area contributed by atoms with Crippen LogP contribution in [-0.4, -0.2) is 11.5 Å². The summed E-state index contributed by atoms with van der Waals surface area (Å²) in [4.78, 5) is 9.48. The Bertz CT molecular complexity index is 160. The smallest absolute Gasteiger partial charge is 0.219 e. The SMILES string of the molecule is CC(C)C(C#N)C[N+](=O)[O-]. The molecular formula is C6H10N2O2. The third kappa shape index (κ3) is 3.02. The minimum Gasteiger partial charge on any atom is -0.264 e. The van der Waals surface area contributed by atoms with Gasteiger partial charge in [0.1, 0.15) is 5.92 Å². The van der Waals surface area contributed by atoms with Crippen molar-refractivity contribution < 1.29 is 4.92 Å². The molecule has 0 saturated carbocycles. The lowest BCUT2D eigenvalue weighted by Crippen LogP contribution is -2.17. The zero-order chi connectivity index (χ0) is 8.15. The van der Waals surface area contributed by atoms with Crippen LogP contribution in [0.1, 0.15) is 13.8 Å². The fourth-order valence-corrected chi connectivity index (χ4v) is 0.561. The van der Waals surface area contributed by atoms with E-state index in [-0.39, 0.29) is 12.5 Å². The Labute approximate surface area is 59.6 Å². The van der Waals surface area contributed by atoms with Gasteiger partial charge in [-0.15, -0.1) is 0 Å². The largest absolute Gasteiger partial charge is 0.264 e. The van der Waals surface area contributed by atoms with Gasteiger partial charge in [-0.2, -0.15) is 5.26 Å². The molecule has 0 aromatic rings. The molecule has 0 aromatic carbocycles. The molecule has 0 aliphatic rings. The zero-order valence-electron chi connectivity index (χ0n) is 6.07. The van der Waals surface area contributed by atoms with Gasteiger partial charge in [-0.25, -0.2) is 0 Å². The summed E-state index contributed by atoms with van der Waals surface area (Å²) >= 11 is 0. The number of hydrogen-bond acceptors (Lipinski definition) is 3. The molecule has 0 spiro atoms. The summed E-state index contributed by atoms with van der Waals surface area (Å²) < 4.78 is 0. The van der Waals surface area contributed by atoms with Crippen LogP contribution in [0.25, 0.3) is 0 Å². The van der Waals surface area contributed by atoms with Gasteiger partial charge < -0.3 is 0 Å². The summed E-state index contributed by atoms with van der Waals surface area (Å²) in [6.07, 6.45) is 0. The van der Waals surface area contributed by atoms with Crippen molar-refractivity contribution in [1.82, 2.24) is 0 Å². The number of nitriles is 1. The third-order valence-corrected chi connectivity index (χ3v) is 1.32. The second-order valence-corrected chi connectivity index (χ2v) is 2.49. The van der Waals surface area contributed by atoms with Crippen molar-refractivity contribution in [3.63, 3.8) is 0 Å². The maximum atomic E-state index is 9.93. The first-order valence-corrected chi connectivity index (χ1v) is 3.09. The quantitative estimate of drug-likeness (QED) is 0.437. The Morgan fingerprint density at radius 2 is 2.20 bits per heavy atom. The lowest BCUT2D eigenvalue weighted by molar-refractivity contribution is -0.486. The van der Waals surface area contributed by atoms with E-state index in [9.17, 15) is 10.1 Å². The van der Waals surface area contributed by atoms with Crippen LogP contribution in [0.5, 0.6) is 0 Å². The first kappa shape index (κ1) is 8.89. The number of nitrogens with zero attached hydrogens (tertiary/aromatic N) is 2. The second kappa shape index (κ2) is 3.83. The Balaban J connectivity index is 3.87. The Morgan fingerprint density at radius 3 is 2.30 bits per heavy atom. The number of rotatable bonds is 3. The maximum Gasteiger partial charge on any atom is 0.219 e. The molecule has 0 saturated heterocycles. The standard InChI is InChI=1S/C6H10N2O2/c1-5(2)6(3-7)4-8(9)10/h5-6H,4H2,1-2H3. The Kier molecular flexibility index (Phi) is 3.40. The predicted molar refractivity (Wildman–Crippen MR) is 35.8 cm³/mol. The molecule has 0 aliphatic heterocycles. The lowest BCUT2D eigenvalue weighted by Gasteiger charge is -2.05. The van der Waals surface area contributed by atoms with Gasteiger partial charge in [0.25, 0.3) is 0 Å². The molecule has 1 atom stereocenters. The van der Waals surface area contributed by atoms with Crippen LogP contribution in [0.15, 0.2) is 0 Å². The average molecular weight is 142 g/mol. The van der Waals surface area contributed by atoms with Crippen molar-refractivity contribution in [2.24, 2.45) is 11.8 Å². The normalized spacial score (nSPS) is 12.6. The van der Waals surface area contributed by atoms with Crippen LogP contribution in [0, 0.1) is 33.3 Å². The molecule has 0 bridgehead atoms. The summed E-state index contributed by atoms with van der Waals surface area (Å²) in [5.74, 6) is -0.384. The fourth-order valence-electron chi connectivity index (χ4n) is 0.561. The molecule has 0 amide bonds. The van der Waals surface area contributed by atoms with Crippen LogP contribution >= 0.6 is 0 Å². The monoisotopic (exact) mass is 142 g/mol. The van der Waals surface area contributed by atoms with E-state index in [4.69, 9.17) is 5.26 Å². The molecule has 0 aromatic heterocycles. The average Bonchev–Trinajstić information content (AvgIpc) is 1.81. The van der Waals surface area contributed by atoms with Crippen molar-refractivity contribution >= 4 is 0 Å². The molecule has 0 N–H and O–H groups in total. The van der Waals surface area contributed by atoms with E-state index in [1.807, 2.05) is 6.07 Å². The molecule has 0 radical (unpaired) electrons. The molecule has 0 heterocycles. The van der Waals surface area contributed by atoms with Gasteiger partial charge in [-0.05, 0) is 5.92 Å². The van der Waals surface area contributed by atoms with E-state index in [0.717, 1.165) is 0 Å². The summed E-state index contributed by atoms with van der Waals surface area (Å²) in [6, 6.07) is 1.89. The molecule has 0 rings (SSSR count). The van der Waals surface area contributed by atoms with Crippen molar-refractivity contribution in [1.29, 1.82) is 5.26 Å². The van der Waals surface area contributed by atoms with E-state index in [1.54, 1.807) is 13.8 Å². The minimum absolute atomic E-state index is 0.0652.